The molecule has 2 rings (SSSR count). The summed E-state index contributed by atoms with van der Waals surface area (Å²) in [5.74, 6) is 0.486. The molecule has 5 nitrogen and oxygen atoms in total. The van der Waals surface area contributed by atoms with Crippen LogP contribution < -0.4 is 10.1 Å². The van der Waals surface area contributed by atoms with Crippen LogP contribution in [0.3, 0.4) is 0 Å². The Kier molecular flexibility index (Phi) is 7.49. The lowest BCUT2D eigenvalue weighted by Gasteiger charge is -2.09. The molecule has 0 saturated heterocycles. The normalized spacial score (nSPS) is 11.2. The summed E-state index contributed by atoms with van der Waals surface area (Å²) in [7, 11) is -3.21. The van der Waals surface area contributed by atoms with Gasteiger partial charge in [-0.15, -0.1) is 0 Å². The molecule has 1 amide bonds. The zero-order valence-electron chi connectivity index (χ0n) is 14.2. The second-order valence-electron chi connectivity index (χ2n) is 5.71. The average molecular weight is 461 g/mol. The molecular weight excluding hydrogens is 442 g/mol. The van der Waals surface area contributed by atoms with Crippen molar-refractivity contribution < 1.29 is 17.9 Å². The Morgan fingerprint density at radius 1 is 1.19 bits per heavy atom. The van der Waals surface area contributed by atoms with Crippen LogP contribution in [-0.4, -0.2) is 27.2 Å². The lowest BCUT2D eigenvalue weighted by atomic mass is 10.2. The fourth-order valence-electron chi connectivity index (χ4n) is 2.15. The van der Waals surface area contributed by atoms with Crippen molar-refractivity contribution in [1.82, 2.24) is 5.32 Å². The van der Waals surface area contributed by atoms with E-state index in [1.807, 2.05) is 12.1 Å². The van der Waals surface area contributed by atoms with Gasteiger partial charge in [-0.3, -0.25) is 4.79 Å². The van der Waals surface area contributed by atoms with Crippen LogP contribution in [0, 0.1) is 0 Å². The molecular formula is C18H19BrClNO4S. The van der Waals surface area contributed by atoms with E-state index in [-0.39, 0.29) is 10.8 Å². The molecule has 26 heavy (non-hydrogen) atoms. The van der Waals surface area contributed by atoms with Crippen LogP contribution in [0.15, 0.2) is 51.8 Å². The van der Waals surface area contributed by atoms with E-state index < -0.39 is 9.84 Å². The Morgan fingerprint density at radius 2 is 1.88 bits per heavy atom. The van der Waals surface area contributed by atoms with E-state index in [2.05, 4.69) is 21.2 Å². The van der Waals surface area contributed by atoms with Gasteiger partial charge in [0.05, 0.1) is 11.5 Å². The highest BCUT2D eigenvalue weighted by Crippen LogP contribution is 2.21. The topological polar surface area (TPSA) is 72.5 Å². The molecule has 0 aromatic heterocycles. The number of sulfone groups is 1. The number of hydrogen-bond acceptors (Lipinski definition) is 4. The molecule has 8 heteroatoms. The summed E-state index contributed by atoms with van der Waals surface area (Å²) >= 11 is 9.44. The van der Waals surface area contributed by atoms with Crippen LogP contribution in [0.4, 0.5) is 0 Å². The SMILES string of the molecule is CS(=O)(=O)c1ccc(OCCCC(=O)NCc2ccc(Br)cc2Cl)cc1. The van der Waals surface area contributed by atoms with Gasteiger partial charge in [-0.1, -0.05) is 33.6 Å². The Labute approximate surface area is 166 Å². The molecule has 0 saturated carbocycles. The predicted octanol–water partition coefficient (Wildman–Crippen LogP) is 3.98. The maximum atomic E-state index is 11.9. The van der Waals surface area contributed by atoms with E-state index >= 15 is 0 Å². The maximum absolute atomic E-state index is 11.9. The standard InChI is InChI=1S/C18H19BrClNO4S/c1-26(23,24)16-8-6-15(7-9-16)25-10-2-3-18(22)21-12-13-4-5-14(19)11-17(13)20/h4-9,11H,2-3,10,12H2,1H3,(H,21,22). The molecule has 2 aromatic carbocycles. The highest BCUT2D eigenvalue weighted by molar-refractivity contribution is 9.10. The minimum absolute atomic E-state index is 0.0833. The van der Waals surface area contributed by atoms with Crippen molar-refractivity contribution in [3.8, 4) is 5.75 Å². The predicted molar refractivity (Wildman–Crippen MR) is 105 cm³/mol. The van der Waals surface area contributed by atoms with Gasteiger partial charge in [0.15, 0.2) is 9.84 Å². The number of rotatable bonds is 8. The Balaban J connectivity index is 1.70. The summed E-state index contributed by atoms with van der Waals surface area (Å²) < 4.78 is 29.2. The summed E-state index contributed by atoms with van der Waals surface area (Å²) in [6.45, 7) is 0.740. The Bertz CT molecular complexity index is 869. The molecule has 0 bridgehead atoms. The Morgan fingerprint density at radius 3 is 2.50 bits per heavy atom. The maximum Gasteiger partial charge on any atom is 0.220 e. The molecule has 0 aliphatic heterocycles. The van der Waals surface area contributed by atoms with E-state index in [1.54, 1.807) is 18.2 Å². The van der Waals surface area contributed by atoms with E-state index in [0.29, 0.717) is 36.8 Å². The first-order valence-corrected chi connectivity index (χ1v) is 11.0. The van der Waals surface area contributed by atoms with Crippen molar-refractivity contribution in [1.29, 1.82) is 0 Å². The summed E-state index contributed by atoms with van der Waals surface area (Å²) in [6.07, 6.45) is 2.03. The monoisotopic (exact) mass is 459 g/mol. The molecule has 0 fully saturated rings. The first-order valence-electron chi connectivity index (χ1n) is 7.89. The quantitative estimate of drug-likeness (QED) is 0.605. The molecule has 0 heterocycles. The summed E-state index contributed by atoms with van der Waals surface area (Å²) in [4.78, 5) is 12.1. The van der Waals surface area contributed by atoms with Crippen LogP contribution in [0.5, 0.6) is 5.75 Å². The molecule has 0 unspecified atom stereocenters. The lowest BCUT2D eigenvalue weighted by Crippen LogP contribution is -2.23. The number of hydrogen-bond donors (Lipinski definition) is 1. The van der Waals surface area contributed by atoms with E-state index in [0.717, 1.165) is 16.3 Å². The van der Waals surface area contributed by atoms with Crippen molar-refractivity contribution >= 4 is 43.3 Å². The summed E-state index contributed by atoms with van der Waals surface area (Å²) in [6, 6.07) is 11.7. The fraction of sp³-hybridized carbons (Fsp3) is 0.278. The molecule has 1 N–H and O–H groups in total. The highest BCUT2D eigenvalue weighted by atomic mass is 79.9. The van der Waals surface area contributed by atoms with Crippen molar-refractivity contribution in [2.24, 2.45) is 0 Å². The zero-order valence-corrected chi connectivity index (χ0v) is 17.3. The second kappa shape index (κ2) is 9.39. The van der Waals surface area contributed by atoms with Crippen LogP contribution in [0.1, 0.15) is 18.4 Å². The van der Waals surface area contributed by atoms with Gasteiger partial charge < -0.3 is 10.1 Å². The highest BCUT2D eigenvalue weighted by Gasteiger charge is 2.07. The fourth-order valence-corrected chi connectivity index (χ4v) is 3.52. The van der Waals surface area contributed by atoms with E-state index in [1.165, 1.54) is 12.1 Å². The van der Waals surface area contributed by atoms with Gasteiger partial charge in [0.1, 0.15) is 5.75 Å². The number of ether oxygens (including phenoxy) is 1. The average Bonchev–Trinajstić information content (AvgIpc) is 2.57. The minimum Gasteiger partial charge on any atom is -0.494 e. The van der Waals surface area contributed by atoms with Crippen molar-refractivity contribution in [2.45, 2.75) is 24.3 Å². The van der Waals surface area contributed by atoms with Gasteiger partial charge in [0.25, 0.3) is 0 Å². The largest absolute Gasteiger partial charge is 0.494 e. The van der Waals surface area contributed by atoms with Gasteiger partial charge >= 0.3 is 0 Å². The van der Waals surface area contributed by atoms with Crippen molar-refractivity contribution in [3.05, 3.63) is 57.5 Å². The molecule has 0 spiro atoms. The Hall–Kier alpha value is -1.57. The van der Waals surface area contributed by atoms with Gasteiger partial charge in [-0.25, -0.2) is 8.42 Å². The minimum atomic E-state index is -3.21. The first-order chi connectivity index (χ1) is 12.3. The second-order valence-corrected chi connectivity index (χ2v) is 9.05. The van der Waals surface area contributed by atoms with Gasteiger partial charge in [0, 0.05) is 28.7 Å². The van der Waals surface area contributed by atoms with E-state index in [9.17, 15) is 13.2 Å². The van der Waals surface area contributed by atoms with Gasteiger partial charge in [-0.2, -0.15) is 0 Å². The third-order valence-corrected chi connectivity index (χ3v) is 5.53. The number of halogens is 2. The zero-order chi connectivity index (χ0) is 19.2. The number of benzene rings is 2. The summed E-state index contributed by atoms with van der Waals surface area (Å²) in [5.41, 5.74) is 0.852. The van der Waals surface area contributed by atoms with E-state index in [4.69, 9.17) is 16.3 Å². The van der Waals surface area contributed by atoms with Crippen LogP contribution >= 0.6 is 27.5 Å². The number of nitrogens with one attached hydrogen (secondary N) is 1. The smallest absolute Gasteiger partial charge is 0.220 e. The molecule has 0 aliphatic carbocycles. The molecule has 0 radical (unpaired) electrons. The molecule has 0 aliphatic rings. The third-order valence-electron chi connectivity index (χ3n) is 3.56. The van der Waals surface area contributed by atoms with Gasteiger partial charge in [0.2, 0.25) is 5.91 Å². The first kappa shape index (κ1) is 20.7. The molecule has 0 atom stereocenters. The number of amides is 1. The number of carbonyl (C=O) groups is 1. The number of carbonyl (C=O) groups excluding carboxylic acids is 1. The molecule has 140 valence electrons. The van der Waals surface area contributed by atoms with Gasteiger partial charge in [-0.05, 0) is 48.4 Å². The third kappa shape index (κ3) is 6.63. The lowest BCUT2D eigenvalue weighted by molar-refractivity contribution is -0.121. The summed E-state index contributed by atoms with van der Waals surface area (Å²) in [5, 5.41) is 3.42. The van der Waals surface area contributed by atoms with Crippen LogP contribution in [0.25, 0.3) is 0 Å². The van der Waals surface area contributed by atoms with Crippen molar-refractivity contribution in [3.63, 3.8) is 0 Å². The molecule has 2 aromatic rings. The van der Waals surface area contributed by atoms with Crippen LogP contribution in [0.2, 0.25) is 5.02 Å². The van der Waals surface area contributed by atoms with Crippen LogP contribution in [-0.2, 0) is 21.2 Å². The van der Waals surface area contributed by atoms with Crippen molar-refractivity contribution in [2.75, 3.05) is 12.9 Å².